The summed E-state index contributed by atoms with van der Waals surface area (Å²) in [7, 11) is 0. The number of hydrogen-bond donors (Lipinski definition) is 1. The fraction of sp³-hybridized carbons (Fsp3) is 0.647. The maximum Gasteiger partial charge on any atom is 0.161 e. The highest BCUT2D eigenvalue weighted by atomic mass is 16.6. The number of benzene rings is 1. The summed E-state index contributed by atoms with van der Waals surface area (Å²) in [4.78, 5) is 0. The molecule has 2 aliphatic rings. The molecule has 3 nitrogen and oxygen atoms in total. The Balaban J connectivity index is 1.81. The zero-order valence-electron chi connectivity index (χ0n) is 12.3. The van der Waals surface area contributed by atoms with E-state index >= 15 is 0 Å². The van der Waals surface area contributed by atoms with Crippen molar-refractivity contribution in [2.45, 2.75) is 38.5 Å². The molecule has 0 radical (unpaired) electrons. The highest BCUT2D eigenvalue weighted by Crippen LogP contribution is 2.40. The highest BCUT2D eigenvalue weighted by molar-refractivity contribution is 5.45. The van der Waals surface area contributed by atoms with Crippen LogP contribution >= 0.6 is 0 Å². The molecule has 20 heavy (non-hydrogen) atoms. The van der Waals surface area contributed by atoms with Gasteiger partial charge in [-0.2, -0.15) is 0 Å². The summed E-state index contributed by atoms with van der Waals surface area (Å²) in [6, 6.07) is 6.36. The summed E-state index contributed by atoms with van der Waals surface area (Å²) in [6.45, 7) is 4.37. The number of hydrogen-bond acceptors (Lipinski definition) is 3. The van der Waals surface area contributed by atoms with Crippen LogP contribution < -0.4 is 15.2 Å². The molecule has 0 saturated heterocycles. The molecule has 3 atom stereocenters. The lowest BCUT2D eigenvalue weighted by molar-refractivity contribution is 0.171. The van der Waals surface area contributed by atoms with Gasteiger partial charge < -0.3 is 15.2 Å². The van der Waals surface area contributed by atoms with Crippen molar-refractivity contribution in [2.75, 3.05) is 19.8 Å². The van der Waals surface area contributed by atoms with Gasteiger partial charge in [-0.1, -0.05) is 25.8 Å². The molecule has 1 heterocycles. The second-order valence-electron chi connectivity index (χ2n) is 6.28. The summed E-state index contributed by atoms with van der Waals surface area (Å²) >= 11 is 0. The van der Waals surface area contributed by atoms with Gasteiger partial charge in [-0.25, -0.2) is 0 Å². The van der Waals surface area contributed by atoms with Crippen LogP contribution in [0, 0.1) is 11.8 Å². The lowest BCUT2D eigenvalue weighted by Crippen LogP contribution is -2.26. The van der Waals surface area contributed by atoms with Crippen molar-refractivity contribution in [1.29, 1.82) is 0 Å². The second kappa shape index (κ2) is 6.04. The van der Waals surface area contributed by atoms with E-state index in [-0.39, 0.29) is 0 Å². The van der Waals surface area contributed by atoms with E-state index in [9.17, 15) is 0 Å². The lowest BCUT2D eigenvalue weighted by Gasteiger charge is -2.33. The average Bonchev–Trinajstić information content (AvgIpc) is 2.48. The number of fused-ring (bicyclic) bond motifs is 1. The molecule has 1 aliphatic heterocycles. The number of nitrogens with two attached hydrogens (primary N) is 1. The molecule has 110 valence electrons. The van der Waals surface area contributed by atoms with Gasteiger partial charge in [-0.3, -0.25) is 0 Å². The van der Waals surface area contributed by atoms with Crippen molar-refractivity contribution in [3.05, 3.63) is 23.8 Å². The monoisotopic (exact) mass is 275 g/mol. The fourth-order valence-corrected chi connectivity index (χ4v) is 3.74. The first-order valence-corrected chi connectivity index (χ1v) is 7.87. The molecule has 0 amide bonds. The molecule has 1 fully saturated rings. The largest absolute Gasteiger partial charge is 0.486 e. The van der Waals surface area contributed by atoms with Crippen molar-refractivity contribution >= 4 is 0 Å². The van der Waals surface area contributed by atoms with E-state index in [1.54, 1.807) is 0 Å². The van der Waals surface area contributed by atoms with Gasteiger partial charge in [0.25, 0.3) is 0 Å². The Labute approximate surface area is 121 Å². The van der Waals surface area contributed by atoms with Crippen LogP contribution in [0.2, 0.25) is 0 Å². The van der Waals surface area contributed by atoms with Crippen LogP contribution in [0.5, 0.6) is 11.5 Å². The summed E-state index contributed by atoms with van der Waals surface area (Å²) < 4.78 is 11.3. The van der Waals surface area contributed by atoms with Gasteiger partial charge in [0.05, 0.1) is 0 Å². The standard InChI is InChI=1S/C17H25NO2/c1-12-3-2-4-13(9-12)15(11-18)14-5-6-16-17(10-14)20-8-7-19-16/h5-6,10,12-13,15H,2-4,7-9,11,18H2,1H3. The Hall–Kier alpha value is -1.22. The van der Waals surface area contributed by atoms with Crippen LogP contribution in [0.4, 0.5) is 0 Å². The van der Waals surface area contributed by atoms with Gasteiger partial charge in [0.15, 0.2) is 11.5 Å². The highest BCUT2D eigenvalue weighted by Gasteiger charge is 2.27. The maximum atomic E-state index is 6.09. The van der Waals surface area contributed by atoms with Crippen LogP contribution in [0.15, 0.2) is 18.2 Å². The molecule has 0 aromatic heterocycles. The van der Waals surface area contributed by atoms with E-state index < -0.39 is 0 Å². The van der Waals surface area contributed by atoms with E-state index in [4.69, 9.17) is 15.2 Å². The van der Waals surface area contributed by atoms with Gasteiger partial charge in [-0.15, -0.1) is 0 Å². The minimum Gasteiger partial charge on any atom is -0.486 e. The molecular weight excluding hydrogens is 250 g/mol. The molecule has 0 spiro atoms. The Morgan fingerprint density at radius 3 is 2.75 bits per heavy atom. The Bertz CT molecular complexity index is 460. The third kappa shape index (κ3) is 2.78. The van der Waals surface area contributed by atoms with Crippen LogP contribution in [-0.2, 0) is 0 Å². The van der Waals surface area contributed by atoms with Crippen molar-refractivity contribution < 1.29 is 9.47 Å². The van der Waals surface area contributed by atoms with Gasteiger partial charge in [0.1, 0.15) is 13.2 Å². The quantitative estimate of drug-likeness (QED) is 0.920. The number of rotatable bonds is 3. The lowest BCUT2D eigenvalue weighted by atomic mass is 9.73. The van der Waals surface area contributed by atoms with Crippen LogP contribution in [-0.4, -0.2) is 19.8 Å². The van der Waals surface area contributed by atoms with Crippen molar-refractivity contribution in [2.24, 2.45) is 17.6 Å². The molecule has 0 bridgehead atoms. The smallest absolute Gasteiger partial charge is 0.161 e. The molecule has 3 rings (SSSR count). The molecule has 3 heteroatoms. The third-order valence-corrected chi connectivity index (χ3v) is 4.79. The minimum absolute atomic E-state index is 0.452. The van der Waals surface area contributed by atoms with E-state index in [1.807, 2.05) is 6.07 Å². The topological polar surface area (TPSA) is 44.5 Å². The normalized spacial score (nSPS) is 27.1. The van der Waals surface area contributed by atoms with E-state index in [0.717, 1.165) is 24.0 Å². The van der Waals surface area contributed by atoms with Gasteiger partial charge in [0.2, 0.25) is 0 Å². The summed E-state index contributed by atoms with van der Waals surface area (Å²) in [5.41, 5.74) is 7.40. The fourth-order valence-electron chi connectivity index (χ4n) is 3.74. The van der Waals surface area contributed by atoms with Gasteiger partial charge in [-0.05, 0) is 54.8 Å². The van der Waals surface area contributed by atoms with E-state index in [2.05, 4.69) is 19.1 Å². The van der Waals surface area contributed by atoms with Crippen molar-refractivity contribution in [3.63, 3.8) is 0 Å². The second-order valence-corrected chi connectivity index (χ2v) is 6.28. The molecule has 1 aliphatic carbocycles. The molecule has 1 aromatic rings. The predicted octanol–water partition coefficient (Wildman–Crippen LogP) is 3.33. The first-order valence-electron chi connectivity index (χ1n) is 7.87. The molecular formula is C17H25NO2. The molecule has 2 N–H and O–H groups in total. The Kier molecular flexibility index (Phi) is 4.16. The average molecular weight is 275 g/mol. The predicted molar refractivity (Wildman–Crippen MR) is 80.3 cm³/mol. The zero-order chi connectivity index (χ0) is 13.9. The van der Waals surface area contributed by atoms with E-state index in [1.165, 1.54) is 31.2 Å². The van der Waals surface area contributed by atoms with Crippen molar-refractivity contribution in [1.82, 2.24) is 0 Å². The van der Waals surface area contributed by atoms with Crippen LogP contribution in [0.25, 0.3) is 0 Å². The molecule has 1 saturated carbocycles. The summed E-state index contributed by atoms with van der Waals surface area (Å²) in [6.07, 6.45) is 5.32. The molecule has 3 unspecified atom stereocenters. The number of ether oxygens (including phenoxy) is 2. The maximum absolute atomic E-state index is 6.09. The van der Waals surface area contributed by atoms with Crippen LogP contribution in [0.1, 0.15) is 44.1 Å². The Morgan fingerprint density at radius 1 is 1.20 bits per heavy atom. The first-order chi connectivity index (χ1) is 9.78. The minimum atomic E-state index is 0.452. The molecule has 1 aromatic carbocycles. The third-order valence-electron chi connectivity index (χ3n) is 4.79. The summed E-state index contributed by atoms with van der Waals surface area (Å²) in [5.74, 6) is 3.75. The summed E-state index contributed by atoms with van der Waals surface area (Å²) in [5, 5.41) is 0. The van der Waals surface area contributed by atoms with Crippen LogP contribution in [0.3, 0.4) is 0 Å². The first kappa shape index (κ1) is 13.7. The van der Waals surface area contributed by atoms with Gasteiger partial charge in [0, 0.05) is 0 Å². The SMILES string of the molecule is CC1CCCC(C(CN)c2ccc3c(c2)OCCO3)C1. The van der Waals surface area contributed by atoms with E-state index in [0.29, 0.717) is 25.0 Å². The van der Waals surface area contributed by atoms with Crippen molar-refractivity contribution in [3.8, 4) is 11.5 Å². The zero-order valence-corrected chi connectivity index (χ0v) is 12.3. The Morgan fingerprint density at radius 2 is 2.00 bits per heavy atom. The van der Waals surface area contributed by atoms with Gasteiger partial charge >= 0.3 is 0 Å².